The average molecular weight is 494 g/mol. The summed E-state index contributed by atoms with van der Waals surface area (Å²) >= 11 is 5.95. The van der Waals surface area contributed by atoms with Crippen LogP contribution in [0.15, 0.2) is 77.7 Å². The van der Waals surface area contributed by atoms with Crippen molar-refractivity contribution in [2.45, 2.75) is 20.0 Å². The van der Waals surface area contributed by atoms with Gasteiger partial charge in [0.1, 0.15) is 11.0 Å². The summed E-state index contributed by atoms with van der Waals surface area (Å²) in [6.45, 7) is 5.38. The molecule has 176 valence electrons. The molecule has 1 fully saturated rings. The molecule has 0 radical (unpaired) electrons. The maximum absolute atomic E-state index is 13.1. The van der Waals surface area contributed by atoms with E-state index < -0.39 is 10.8 Å². The third-order valence-corrected chi connectivity index (χ3v) is 7.45. The van der Waals surface area contributed by atoms with Gasteiger partial charge in [0.05, 0.1) is 17.4 Å². The molecule has 1 atom stereocenters. The van der Waals surface area contributed by atoms with Crippen LogP contribution in [0.4, 0.5) is 0 Å². The van der Waals surface area contributed by atoms with Gasteiger partial charge in [0.2, 0.25) is 0 Å². The first kappa shape index (κ1) is 24.4. The lowest BCUT2D eigenvalue weighted by molar-refractivity contribution is -0.127. The van der Waals surface area contributed by atoms with E-state index in [1.54, 1.807) is 23.1 Å². The van der Waals surface area contributed by atoms with Gasteiger partial charge >= 0.3 is 0 Å². The van der Waals surface area contributed by atoms with Crippen molar-refractivity contribution >= 4 is 34.4 Å². The lowest BCUT2D eigenvalue weighted by atomic mass is 9.99. The standard InChI is InChI=1S/C28H28ClNO3S/c1-20-3-9-23(10-4-20)27(24-11-5-21(2)6-12-24)33-17-15-30-16-18-34(32)26(28(30)31)19-22-7-13-25(29)14-8-22/h3-14,19,27H,15-18H2,1-2H3. The summed E-state index contributed by atoms with van der Waals surface area (Å²) in [6, 6.07) is 23.8. The van der Waals surface area contributed by atoms with Crippen molar-refractivity contribution in [1.82, 2.24) is 4.90 Å². The summed E-state index contributed by atoms with van der Waals surface area (Å²) in [6.07, 6.45) is 1.47. The van der Waals surface area contributed by atoms with Gasteiger partial charge in [0.25, 0.3) is 5.91 Å². The van der Waals surface area contributed by atoms with E-state index in [-0.39, 0.29) is 12.0 Å². The Labute approximate surface area is 208 Å². The summed E-state index contributed by atoms with van der Waals surface area (Å²) in [4.78, 5) is 15.1. The number of aryl methyl sites for hydroxylation is 2. The lowest BCUT2D eigenvalue weighted by Crippen LogP contribution is -2.43. The molecular formula is C28H28ClNO3S. The number of rotatable bonds is 7. The Hall–Kier alpha value is -2.73. The van der Waals surface area contributed by atoms with E-state index in [2.05, 4.69) is 62.4 Å². The molecule has 34 heavy (non-hydrogen) atoms. The molecule has 1 unspecified atom stereocenters. The minimum atomic E-state index is -1.32. The van der Waals surface area contributed by atoms with Crippen LogP contribution in [-0.2, 0) is 20.3 Å². The second kappa shape index (κ2) is 11.1. The van der Waals surface area contributed by atoms with Crippen LogP contribution in [0.5, 0.6) is 0 Å². The molecule has 0 aromatic heterocycles. The first-order valence-electron chi connectivity index (χ1n) is 11.3. The van der Waals surface area contributed by atoms with Crippen molar-refractivity contribution in [3.8, 4) is 0 Å². The molecule has 1 aliphatic heterocycles. The van der Waals surface area contributed by atoms with E-state index in [1.807, 2.05) is 12.1 Å². The Bertz CT molecular complexity index is 1140. The molecule has 1 amide bonds. The van der Waals surface area contributed by atoms with Crippen molar-refractivity contribution in [2.24, 2.45) is 0 Å². The van der Waals surface area contributed by atoms with Crippen molar-refractivity contribution in [3.63, 3.8) is 0 Å². The van der Waals surface area contributed by atoms with Crippen molar-refractivity contribution < 1.29 is 13.7 Å². The number of halogens is 1. The van der Waals surface area contributed by atoms with E-state index in [9.17, 15) is 9.00 Å². The van der Waals surface area contributed by atoms with Crippen LogP contribution >= 0.6 is 11.6 Å². The fourth-order valence-corrected chi connectivity index (χ4v) is 5.18. The normalized spacial score (nSPS) is 17.5. The van der Waals surface area contributed by atoms with Gasteiger partial charge in [0.15, 0.2) is 0 Å². The van der Waals surface area contributed by atoms with Gasteiger partial charge in [-0.3, -0.25) is 9.00 Å². The molecule has 0 saturated carbocycles. The van der Waals surface area contributed by atoms with E-state index >= 15 is 0 Å². The van der Waals surface area contributed by atoms with Crippen LogP contribution < -0.4 is 0 Å². The van der Waals surface area contributed by atoms with Crippen LogP contribution in [0.2, 0.25) is 5.02 Å². The average Bonchev–Trinajstić information content (AvgIpc) is 2.83. The second-order valence-electron chi connectivity index (χ2n) is 8.47. The topological polar surface area (TPSA) is 46.6 Å². The zero-order chi connectivity index (χ0) is 24.1. The Balaban J connectivity index is 1.46. The monoisotopic (exact) mass is 493 g/mol. The van der Waals surface area contributed by atoms with Gasteiger partial charge in [-0.15, -0.1) is 0 Å². The van der Waals surface area contributed by atoms with Gasteiger partial charge in [-0.1, -0.05) is 83.4 Å². The van der Waals surface area contributed by atoms with Gasteiger partial charge in [0, 0.05) is 23.9 Å². The first-order chi connectivity index (χ1) is 16.4. The third-order valence-electron chi connectivity index (χ3n) is 5.86. The quantitative estimate of drug-likeness (QED) is 0.397. The molecule has 1 heterocycles. The van der Waals surface area contributed by atoms with Crippen LogP contribution in [0.3, 0.4) is 0 Å². The summed E-state index contributed by atoms with van der Waals surface area (Å²) in [7, 11) is -1.32. The van der Waals surface area contributed by atoms with Crippen LogP contribution in [0.1, 0.15) is 33.9 Å². The largest absolute Gasteiger partial charge is 0.367 e. The zero-order valence-corrected chi connectivity index (χ0v) is 20.9. The minimum Gasteiger partial charge on any atom is -0.367 e. The highest BCUT2D eigenvalue weighted by atomic mass is 35.5. The number of carbonyl (C=O) groups excluding carboxylic acids is 1. The predicted molar refractivity (Wildman–Crippen MR) is 139 cm³/mol. The molecule has 6 heteroatoms. The summed E-state index contributed by atoms with van der Waals surface area (Å²) < 4.78 is 18.9. The molecule has 0 bridgehead atoms. The predicted octanol–water partition coefficient (Wildman–Crippen LogP) is 5.69. The Morgan fingerprint density at radius 3 is 2.06 bits per heavy atom. The van der Waals surface area contributed by atoms with E-state index in [1.165, 1.54) is 11.1 Å². The summed E-state index contributed by atoms with van der Waals surface area (Å²) in [5, 5.41) is 0.619. The summed E-state index contributed by atoms with van der Waals surface area (Å²) in [5.41, 5.74) is 5.34. The lowest BCUT2D eigenvalue weighted by Gasteiger charge is -2.29. The van der Waals surface area contributed by atoms with Gasteiger partial charge in [-0.05, 0) is 48.7 Å². The van der Waals surface area contributed by atoms with Gasteiger partial charge in [-0.25, -0.2) is 0 Å². The SMILES string of the molecule is Cc1ccc(C(OCCN2CCS(=O)C(=Cc3ccc(Cl)cc3)C2=O)c2ccc(C)cc2)cc1. The smallest absolute Gasteiger partial charge is 0.262 e. The van der Waals surface area contributed by atoms with E-state index in [0.29, 0.717) is 35.4 Å². The second-order valence-corrected chi connectivity index (χ2v) is 10.4. The van der Waals surface area contributed by atoms with Gasteiger partial charge < -0.3 is 9.64 Å². The number of carbonyl (C=O) groups is 1. The van der Waals surface area contributed by atoms with Gasteiger partial charge in [-0.2, -0.15) is 0 Å². The molecule has 3 aromatic rings. The van der Waals surface area contributed by atoms with Crippen molar-refractivity contribution in [2.75, 3.05) is 25.4 Å². The number of ether oxygens (including phenoxy) is 1. The molecule has 0 spiro atoms. The molecule has 0 N–H and O–H groups in total. The minimum absolute atomic E-state index is 0.203. The molecule has 1 aliphatic rings. The molecule has 4 rings (SSSR count). The zero-order valence-electron chi connectivity index (χ0n) is 19.4. The maximum Gasteiger partial charge on any atom is 0.262 e. The number of nitrogens with zero attached hydrogens (tertiary/aromatic N) is 1. The van der Waals surface area contributed by atoms with E-state index in [0.717, 1.165) is 16.7 Å². The number of hydrogen-bond donors (Lipinski definition) is 0. The van der Waals surface area contributed by atoms with E-state index in [4.69, 9.17) is 16.3 Å². The van der Waals surface area contributed by atoms with Crippen LogP contribution in [0, 0.1) is 13.8 Å². The van der Waals surface area contributed by atoms with Crippen molar-refractivity contribution in [1.29, 1.82) is 0 Å². The Morgan fingerprint density at radius 1 is 0.941 bits per heavy atom. The number of hydrogen-bond acceptors (Lipinski definition) is 3. The molecule has 0 aliphatic carbocycles. The van der Waals surface area contributed by atoms with Crippen molar-refractivity contribution in [3.05, 3.63) is 111 Å². The van der Waals surface area contributed by atoms with Crippen LogP contribution in [-0.4, -0.2) is 40.5 Å². The highest BCUT2D eigenvalue weighted by molar-refractivity contribution is 7.90. The fourth-order valence-electron chi connectivity index (χ4n) is 3.86. The fraction of sp³-hybridized carbons (Fsp3) is 0.250. The molecule has 1 saturated heterocycles. The molecule has 3 aromatic carbocycles. The number of benzene rings is 3. The van der Waals surface area contributed by atoms with Crippen LogP contribution in [0.25, 0.3) is 6.08 Å². The number of amides is 1. The Morgan fingerprint density at radius 2 is 1.50 bits per heavy atom. The maximum atomic E-state index is 13.1. The Kier molecular flexibility index (Phi) is 7.99. The highest BCUT2D eigenvalue weighted by Gasteiger charge is 2.29. The molecule has 4 nitrogen and oxygen atoms in total. The highest BCUT2D eigenvalue weighted by Crippen LogP contribution is 2.27. The summed E-state index contributed by atoms with van der Waals surface area (Å²) in [5.74, 6) is 0.218. The first-order valence-corrected chi connectivity index (χ1v) is 13.0. The molecular weight excluding hydrogens is 466 g/mol. The third kappa shape index (κ3) is 6.03.